The molecule has 0 unspecified atom stereocenters. The van der Waals surface area contributed by atoms with Crippen molar-refractivity contribution < 1.29 is 14.1 Å². The monoisotopic (exact) mass is 280 g/mol. The van der Waals surface area contributed by atoms with Gasteiger partial charge in [-0.2, -0.15) is 0 Å². The number of carbonyl (C=O) groups is 2. The number of anilines is 1. The van der Waals surface area contributed by atoms with Gasteiger partial charge in [0.2, 0.25) is 5.91 Å². The summed E-state index contributed by atoms with van der Waals surface area (Å²) in [4.78, 5) is 23.1. The smallest absolute Gasteiger partial charge is 0.233 e. The Morgan fingerprint density at radius 2 is 1.85 bits per heavy atom. The average molecular weight is 280 g/mol. The number of rotatable bonds is 11. The second kappa shape index (κ2) is 10.2. The van der Waals surface area contributed by atoms with E-state index in [1.165, 1.54) is 38.4 Å². The van der Waals surface area contributed by atoms with Crippen molar-refractivity contribution in [2.45, 2.75) is 64.7 Å². The Kier molecular flexibility index (Phi) is 8.35. The van der Waals surface area contributed by atoms with Crippen LogP contribution in [0, 0.1) is 0 Å². The van der Waals surface area contributed by atoms with E-state index in [9.17, 15) is 9.59 Å². The van der Waals surface area contributed by atoms with E-state index in [0.29, 0.717) is 12.2 Å². The molecule has 1 aromatic heterocycles. The van der Waals surface area contributed by atoms with Gasteiger partial charge in [0.15, 0.2) is 5.82 Å². The minimum absolute atomic E-state index is 0.0143. The molecule has 5 heteroatoms. The predicted octanol–water partition coefficient (Wildman–Crippen LogP) is 3.71. The minimum Gasteiger partial charge on any atom is -0.363 e. The number of amides is 1. The number of aromatic nitrogens is 1. The molecule has 0 aliphatic rings. The summed E-state index contributed by atoms with van der Waals surface area (Å²) >= 11 is 0. The Hall–Kier alpha value is -1.65. The first-order chi connectivity index (χ1) is 9.72. The third kappa shape index (κ3) is 7.71. The second-order valence-electron chi connectivity index (χ2n) is 5.02. The van der Waals surface area contributed by atoms with Crippen LogP contribution in [0.15, 0.2) is 16.9 Å². The van der Waals surface area contributed by atoms with Crippen LogP contribution in [0.3, 0.4) is 0 Å². The van der Waals surface area contributed by atoms with E-state index in [2.05, 4.69) is 21.9 Å². The molecule has 20 heavy (non-hydrogen) atoms. The van der Waals surface area contributed by atoms with E-state index in [1.54, 1.807) is 6.07 Å². The van der Waals surface area contributed by atoms with Crippen LogP contribution in [0.25, 0.3) is 0 Å². The molecule has 0 spiro atoms. The number of Topliss-reactive ketones (excluding diaryl/α,β-unsaturated/α-hetero) is 1. The van der Waals surface area contributed by atoms with E-state index < -0.39 is 0 Å². The third-order valence-corrected chi connectivity index (χ3v) is 3.12. The molecule has 0 saturated heterocycles. The van der Waals surface area contributed by atoms with Crippen molar-refractivity contribution in [1.82, 2.24) is 5.16 Å². The Morgan fingerprint density at radius 3 is 2.50 bits per heavy atom. The summed E-state index contributed by atoms with van der Waals surface area (Å²) < 4.78 is 4.59. The zero-order chi connectivity index (χ0) is 14.6. The van der Waals surface area contributed by atoms with Crippen molar-refractivity contribution in [2.75, 3.05) is 5.32 Å². The summed E-state index contributed by atoms with van der Waals surface area (Å²) in [5.74, 6) is 0.00474. The number of hydrogen-bond donors (Lipinski definition) is 1. The molecule has 0 fully saturated rings. The summed E-state index contributed by atoms with van der Waals surface area (Å²) in [6, 6.07) is 1.54. The number of ketones is 1. The zero-order valence-corrected chi connectivity index (χ0v) is 12.2. The van der Waals surface area contributed by atoms with Gasteiger partial charge in [-0.25, -0.2) is 0 Å². The van der Waals surface area contributed by atoms with Gasteiger partial charge < -0.3 is 9.84 Å². The maximum Gasteiger partial charge on any atom is 0.233 e. The highest BCUT2D eigenvalue weighted by molar-refractivity contribution is 6.03. The lowest BCUT2D eigenvalue weighted by atomic mass is 10.1. The van der Waals surface area contributed by atoms with Crippen LogP contribution >= 0.6 is 0 Å². The molecule has 0 atom stereocenters. The highest BCUT2D eigenvalue weighted by Crippen LogP contribution is 2.09. The molecule has 0 bridgehead atoms. The Balaban J connectivity index is 2.01. The van der Waals surface area contributed by atoms with Gasteiger partial charge in [0.05, 0.1) is 6.42 Å². The standard InChI is InChI=1S/C15H24N2O3/c1-2-3-4-5-6-7-8-9-13(18)12-15(19)16-14-10-11-20-17-14/h10-11H,2-9,12H2,1H3,(H,16,17,19). The largest absolute Gasteiger partial charge is 0.363 e. The third-order valence-electron chi connectivity index (χ3n) is 3.12. The van der Waals surface area contributed by atoms with Crippen molar-refractivity contribution in [3.63, 3.8) is 0 Å². The molecule has 0 aliphatic heterocycles. The van der Waals surface area contributed by atoms with Crippen LogP contribution in [0.4, 0.5) is 5.82 Å². The normalized spacial score (nSPS) is 10.4. The first-order valence-corrected chi connectivity index (χ1v) is 7.44. The van der Waals surface area contributed by atoms with E-state index >= 15 is 0 Å². The molecule has 0 radical (unpaired) electrons. The molecular weight excluding hydrogens is 256 g/mol. The summed E-state index contributed by atoms with van der Waals surface area (Å²) in [6.45, 7) is 2.20. The second-order valence-corrected chi connectivity index (χ2v) is 5.02. The van der Waals surface area contributed by atoms with Crippen LogP contribution in [0.1, 0.15) is 64.7 Å². The van der Waals surface area contributed by atoms with Gasteiger partial charge in [0, 0.05) is 12.5 Å². The highest BCUT2D eigenvalue weighted by atomic mass is 16.5. The SMILES string of the molecule is CCCCCCCCCC(=O)CC(=O)Nc1ccon1. The van der Waals surface area contributed by atoms with E-state index in [0.717, 1.165) is 12.8 Å². The van der Waals surface area contributed by atoms with Crippen LogP contribution in [0.2, 0.25) is 0 Å². The molecule has 1 heterocycles. The van der Waals surface area contributed by atoms with Crippen molar-refractivity contribution in [3.8, 4) is 0 Å². The van der Waals surface area contributed by atoms with Crippen LogP contribution < -0.4 is 5.32 Å². The summed E-state index contributed by atoms with van der Waals surface area (Å²) in [5, 5.41) is 6.07. The van der Waals surface area contributed by atoms with Gasteiger partial charge >= 0.3 is 0 Å². The van der Waals surface area contributed by atoms with E-state index in [-0.39, 0.29) is 18.1 Å². The van der Waals surface area contributed by atoms with Gasteiger partial charge in [-0.05, 0) is 6.42 Å². The Morgan fingerprint density at radius 1 is 1.15 bits per heavy atom. The maximum absolute atomic E-state index is 11.6. The maximum atomic E-state index is 11.6. The van der Waals surface area contributed by atoms with Gasteiger partial charge in [-0.15, -0.1) is 0 Å². The van der Waals surface area contributed by atoms with Crippen molar-refractivity contribution in [3.05, 3.63) is 12.3 Å². The minimum atomic E-state index is -0.327. The van der Waals surface area contributed by atoms with Gasteiger partial charge in [-0.1, -0.05) is 50.6 Å². The molecule has 1 aromatic rings. The van der Waals surface area contributed by atoms with E-state index in [4.69, 9.17) is 0 Å². The van der Waals surface area contributed by atoms with Crippen LogP contribution in [0.5, 0.6) is 0 Å². The summed E-state index contributed by atoms with van der Waals surface area (Å²) in [7, 11) is 0. The lowest BCUT2D eigenvalue weighted by Gasteiger charge is -2.02. The average Bonchev–Trinajstić information content (AvgIpc) is 2.90. The van der Waals surface area contributed by atoms with E-state index in [1.807, 2.05) is 0 Å². The summed E-state index contributed by atoms with van der Waals surface area (Å²) in [6.07, 6.45) is 9.97. The topological polar surface area (TPSA) is 72.2 Å². The number of carbonyl (C=O) groups excluding carboxylic acids is 2. The molecular formula is C15H24N2O3. The first kappa shape index (κ1) is 16.4. The zero-order valence-electron chi connectivity index (χ0n) is 12.2. The number of hydrogen-bond acceptors (Lipinski definition) is 4. The van der Waals surface area contributed by atoms with Crippen LogP contribution in [-0.2, 0) is 9.59 Å². The highest BCUT2D eigenvalue weighted by Gasteiger charge is 2.10. The van der Waals surface area contributed by atoms with Crippen molar-refractivity contribution in [1.29, 1.82) is 0 Å². The van der Waals surface area contributed by atoms with Gasteiger partial charge in [0.25, 0.3) is 0 Å². The van der Waals surface area contributed by atoms with Crippen molar-refractivity contribution in [2.24, 2.45) is 0 Å². The molecule has 112 valence electrons. The Bertz CT molecular complexity index is 388. The fourth-order valence-electron chi connectivity index (χ4n) is 2.01. The molecule has 0 aliphatic carbocycles. The van der Waals surface area contributed by atoms with Gasteiger partial charge in [0.1, 0.15) is 12.0 Å². The molecule has 1 amide bonds. The first-order valence-electron chi connectivity index (χ1n) is 7.44. The molecule has 0 saturated carbocycles. The lowest BCUT2D eigenvalue weighted by molar-refractivity contribution is -0.125. The molecule has 1 rings (SSSR count). The number of unbranched alkanes of at least 4 members (excludes halogenated alkanes) is 6. The van der Waals surface area contributed by atoms with Crippen molar-refractivity contribution >= 4 is 17.5 Å². The fourth-order valence-corrected chi connectivity index (χ4v) is 2.01. The molecule has 0 aromatic carbocycles. The quantitative estimate of drug-likeness (QED) is 0.495. The number of nitrogens with zero attached hydrogens (tertiary/aromatic N) is 1. The fraction of sp³-hybridized carbons (Fsp3) is 0.667. The van der Waals surface area contributed by atoms with Crippen LogP contribution in [-0.4, -0.2) is 16.8 Å². The summed E-state index contributed by atoms with van der Waals surface area (Å²) in [5.41, 5.74) is 0. The van der Waals surface area contributed by atoms with Gasteiger partial charge in [-0.3, -0.25) is 9.59 Å². The molecule has 1 N–H and O–H groups in total. The predicted molar refractivity (Wildman–Crippen MR) is 77.4 cm³/mol. The number of nitrogens with one attached hydrogen (secondary N) is 1. The Labute approximate surface area is 120 Å². The lowest BCUT2D eigenvalue weighted by Crippen LogP contribution is -2.16. The molecule has 5 nitrogen and oxygen atoms in total.